The molecule has 1 aromatic heterocycles. The van der Waals surface area contributed by atoms with Crippen LogP contribution in [0.5, 0.6) is 5.88 Å². The predicted molar refractivity (Wildman–Crippen MR) is 48.4 cm³/mol. The first kappa shape index (κ1) is 10.7. The fourth-order valence-electron chi connectivity index (χ4n) is 0.969. The molecule has 2 N–H and O–H groups in total. The Morgan fingerprint density at radius 1 is 1.57 bits per heavy atom. The van der Waals surface area contributed by atoms with Gasteiger partial charge in [-0.2, -0.15) is 0 Å². The fourth-order valence-corrected chi connectivity index (χ4v) is 0.969. The molecule has 0 aliphatic heterocycles. The number of nitrogen functional groups attached to an aromatic ring is 1. The van der Waals surface area contributed by atoms with Crippen molar-refractivity contribution < 1.29 is 13.5 Å². The second kappa shape index (κ2) is 4.26. The predicted octanol–water partition coefficient (Wildman–Crippen LogP) is 1.52. The molecule has 0 amide bonds. The van der Waals surface area contributed by atoms with E-state index in [4.69, 9.17) is 10.5 Å². The van der Waals surface area contributed by atoms with Crippen molar-refractivity contribution in [1.29, 1.82) is 0 Å². The Morgan fingerprint density at radius 2 is 2.21 bits per heavy atom. The molecule has 4 nitrogen and oxygen atoms in total. The van der Waals surface area contributed by atoms with Crippen LogP contribution in [0, 0.1) is 0 Å². The molecule has 1 aromatic rings. The maximum absolute atomic E-state index is 12.0. The number of nitrogens with two attached hydrogens (primary N) is 1. The van der Waals surface area contributed by atoms with Crippen LogP contribution in [0.1, 0.15) is 13.8 Å². The third-order valence-electron chi connectivity index (χ3n) is 1.43. The monoisotopic (exact) mass is 205 g/mol. The molecule has 0 fully saturated rings. The van der Waals surface area contributed by atoms with E-state index in [0.29, 0.717) is 0 Å². The lowest BCUT2D eigenvalue weighted by Gasteiger charge is -2.06. The zero-order valence-electron chi connectivity index (χ0n) is 8.08. The van der Waals surface area contributed by atoms with Gasteiger partial charge in [-0.25, -0.2) is 8.78 Å². The Morgan fingerprint density at radius 3 is 2.71 bits per heavy atom. The van der Waals surface area contributed by atoms with Crippen molar-refractivity contribution in [3.63, 3.8) is 0 Å². The van der Waals surface area contributed by atoms with Crippen LogP contribution in [0.15, 0.2) is 6.20 Å². The van der Waals surface area contributed by atoms with E-state index in [0.717, 1.165) is 4.68 Å². The highest BCUT2D eigenvalue weighted by Crippen LogP contribution is 2.19. The van der Waals surface area contributed by atoms with E-state index in [9.17, 15) is 8.78 Å². The molecule has 0 saturated carbocycles. The van der Waals surface area contributed by atoms with Gasteiger partial charge in [0.05, 0.1) is 12.3 Å². The van der Waals surface area contributed by atoms with Crippen LogP contribution in [-0.2, 0) is 6.54 Å². The maximum atomic E-state index is 12.0. The molecule has 1 heterocycles. The minimum Gasteiger partial charge on any atom is -0.472 e. The second-order valence-electron chi connectivity index (χ2n) is 3.17. The highest BCUT2D eigenvalue weighted by atomic mass is 19.3. The summed E-state index contributed by atoms with van der Waals surface area (Å²) >= 11 is 0. The lowest BCUT2D eigenvalue weighted by Crippen LogP contribution is -2.09. The number of nitrogens with zero attached hydrogens (tertiary/aromatic N) is 2. The van der Waals surface area contributed by atoms with Gasteiger partial charge in [-0.3, -0.25) is 4.68 Å². The SMILES string of the molecule is CC(C)Oc1nn(CC(F)F)cc1N. The lowest BCUT2D eigenvalue weighted by molar-refractivity contribution is 0.120. The van der Waals surface area contributed by atoms with Gasteiger partial charge in [0, 0.05) is 0 Å². The van der Waals surface area contributed by atoms with Crippen LogP contribution in [0.3, 0.4) is 0 Å². The number of aromatic nitrogens is 2. The molecule has 1 rings (SSSR count). The summed E-state index contributed by atoms with van der Waals surface area (Å²) in [5.41, 5.74) is 5.79. The van der Waals surface area contributed by atoms with Gasteiger partial charge in [0.25, 0.3) is 12.3 Å². The van der Waals surface area contributed by atoms with E-state index in [1.807, 2.05) is 13.8 Å². The topological polar surface area (TPSA) is 53.1 Å². The standard InChI is InChI=1S/C8H13F2N3O/c1-5(2)14-8-6(11)3-13(12-8)4-7(9)10/h3,5,7H,4,11H2,1-2H3. The van der Waals surface area contributed by atoms with E-state index in [1.165, 1.54) is 6.20 Å². The fraction of sp³-hybridized carbons (Fsp3) is 0.625. The molecule has 0 bridgehead atoms. The molecule has 80 valence electrons. The third-order valence-corrected chi connectivity index (χ3v) is 1.43. The van der Waals surface area contributed by atoms with Crippen molar-refractivity contribution in [3.8, 4) is 5.88 Å². The number of rotatable bonds is 4. The summed E-state index contributed by atoms with van der Waals surface area (Å²) in [5, 5.41) is 3.78. The van der Waals surface area contributed by atoms with E-state index in [-0.39, 0.29) is 17.7 Å². The molecule has 0 atom stereocenters. The molecular weight excluding hydrogens is 192 g/mol. The quantitative estimate of drug-likeness (QED) is 0.810. The summed E-state index contributed by atoms with van der Waals surface area (Å²) in [6, 6.07) is 0. The molecule has 0 aromatic carbocycles. The average Bonchev–Trinajstić information content (AvgIpc) is 2.28. The summed E-state index contributed by atoms with van der Waals surface area (Å²) < 4.78 is 30.2. The van der Waals surface area contributed by atoms with Gasteiger partial charge in [0.15, 0.2) is 0 Å². The first-order valence-electron chi connectivity index (χ1n) is 4.26. The molecular formula is C8H13F2N3O. The minimum atomic E-state index is -2.44. The molecule has 0 spiro atoms. The molecule has 0 saturated heterocycles. The van der Waals surface area contributed by atoms with Gasteiger partial charge in [0.1, 0.15) is 12.2 Å². The smallest absolute Gasteiger partial charge is 0.257 e. The van der Waals surface area contributed by atoms with Crippen LogP contribution in [0.2, 0.25) is 0 Å². The minimum absolute atomic E-state index is 0.0767. The van der Waals surface area contributed by atoms with Crippen LogP contribution in [0.25, 0.3) is 0 Å². The number of hydrogen-bond acceptors (Lipinski definition) is 3. The molecule has 0 aliphatic rings. The molecule has 0 unspecified atom stereocenters. The Labute approximate surface area is 80.6 Å². The zero-order chi connectivity index (χ0) is 10.7. The molecule has 0 aliphatic carbocycles. The Balaban J connectivity index is 2.72. The Hall–Kier alpha value is -1.33. The van der Waals surface area contributed by atoms with Gasteiger partial charge in [-0.15, -0.1) is 5.10 Å². The van der Waals surface area contributed by atoms with Crippen molar-refractivity contribution in [1.82, 2.24) is 9.78 Å². The third kappa shape index (κ3) is 2.86. The first-order chi connectivity index (χ1) is 6.49. The van der Waals surface area contributed by atoms with Crippen LogP contribution < -0.4 is 10.5 Å². The normalized spacial score (nSPS) is 11.3. The van der Waals surface area contributed by atoms with Crippen molar-refractivity contribution in [2.45, 2.75) is 32.9 Å². The summed E-state index contributed by atoms with van der Waals surface area (Å²) in [6.45, 7) is 3.16. The Kier molecular flexibility index (Phi) is 3.27. The first-order valence-corrected chi connectivity index (χ1v) is 4.26. The van der Waals surface area contributed by atoms with Crippen molar-refractivity contribution >= 4 is 5.69 Å². The van der Waals surface area contributed by atoms with Gasteiger partial charge in [-0.1, -0.05) is 0 Å². The highest BCUT2D eigenvalue weighted by Gasteiger charge is 2.11. The Bertz CT molecular complexity index is 299. The number of alkyl halides is 2. The number of anilines is 1. The number of hydrogen-bond donors (Lipinski definition) is 1. The van der Waals surface area contributed by atoms with E-state index in [1.54, 1.807) is 0 Å². The summed E-state index contributed by atoms with van der Waals surface area (Å²) in [4.78, 5) is 0. The van der Waals surface area contributed by atoms with Gasteiger partial charge in [0.2, 0.25) is 0 Å². The van der Waals surface area contributed by atoms with Crippen LogP contribution >= 0.6 is 0 Å². The summed E-state index contributed by atoms with van der Waals surface area (Å²) in [7, 11) is 0. The van der Waals surface area contributed by atoms with Crippen molar-refractivity contribution in [3.05, 3.63) is 6.20 Å². The molecule has 14 heavy (non-hydrogen) atoms. The number of halogens is 2. The molecule has 0 radical (unpaired) electrons. The summed E-state index contributed by atoms with van der Waals surface area (Å²) in [5.74, 6) is 0.209. The number of ether oxygens (including phenoxy) is 1. The van der Waals surface area contributed by atoms with Gasteiger partial charge < -0.3 is 10.5 Å². The summed E-state index contributed by atoms with van der Waals surface area (Å²) in [6.07, 6.45) is -1.18. The van der Waals surface area contributed by atoms with E-state index < -0.39 is 13.0 Å². The maximum Gasteiger partial charge on any atom is 0.257 e. The van der Waals surface area contributed by atoms with E-state index in [2.05, 4.69) is 5.10 Å². The van der Waals surface area contributed by atoms with Crippen LogP contribution in [0.4, 0.5) is 14.5 Å². The zero-order valence-corrected chi connectivity index (χ0v) is 8.08. The van der Waals surface area contributed by atoms with Gasteiger partial charge in [-0.05, 0) is 13.8 Å². The second-order valence-corrected chi connectivity index (χ2v) is 3.17. The average molecular weight is 205 g/mol. The van der Waals surface area contributed by atoms with Gasteiger partial charge >= 0.3 is 0 Å². The van der Waals surface area contributed by atoms with Crippen molar-refractivity contribution in [2.24, 2.45) is 0 Å². The largest absolute Gasteiger partial charge is 0.472 e. The highest BCUT2D eigenvalue weighted by molar-refractivity contribution is 5.45. The molecule has 6 heteroatoms. The lowest BCUT2D eigenvalue weighted by atomic mass is 10.5. The van der Waals surface area contributed by atoms with Crippen LogP contribution in [-0.4, -0.2) is 22.3 Å². The van der Waals surface area contributed by atoms with E-state index >= 15 is 0 Å². The van der Waals surface area contributed by atoms with Crippen molar-refractivity contribution in [2.75, 3.05) is 5.73 Å².